The maximum atomic E-state index is 11.7. The molecule has 1 saturated heterocycles. The van der Waals surface area contributed by atoms with Gasteiger partial charge in [0.15, 0.2) is 0 Å². The summed E-state index contributed by atoms with van der Waals surface area (Å²) in [6.07, 6.45) is -0.488. The number of carbonyl (C=O) groups excluding carboxylic acids is 2. The maximum absolute atomic E-state index is 11.7. The second kappa shape index (κ2) is 7.26. The third-order valence-corrected chi connectivity index (χ3v) is 2.82. The van der Waals surface area contributed by atoms with Crippen LogP contribution >= 0.6 is 0 Å². The SMILES string of the molecule is CC(C)(C)OC(=O)NCCN1CCN(CC(=O)O)C(=O)C1. The lowest BCUT2D eigenvalue weighted by Gasteiger charge is -2.33. The Bertz CT molecular complexity index is 405. The first-order valence-corrected chi connectivity index (χ1v) is 6.86. The minimum absolute atomic E-state index is 0.170. The van der Waals surface area contributed by atoms with Gasteiger partial charge in [0.05, 0.1) is 6.54 Å². The van der Waals surface area contributed by atoms with E-state index in [0.717, 1.165) is 0 Å². The summed E-state index contributed by atoms with van der Waals surface area (Å²) in [6, 6.07) is 0. The highest BCUT2D eigenvalue weighted by Gasteiger charge is 2.25. The highest BCUT2D eigenvalue weighted by atomic mass is 16.6. The number of nitrogens with zero attached hydrogens (tertiary/aromatic N) is 2. The van der Waals surface area contributed by atoms with Gasteiger partial charge in [-0.15, -0.1) is 0 Å². The van der Waals surface area contributed by atoms with Crippen molar-refractivity contribution in [3.8, 4) is 0 Å². The fraction of sp³-hybridized carbons (Fsp3) is 0.769. The van der Waals surface area contributed by atoms with E-state index in [-0.39, 0.29) is 19.0 Å². The Balaban J connectivity index is 2.25. The molecule has 120 valence electrons. The molecule has 0 radical (unpaired) electrons. The van der Waals surface area contributed by atoms with Crippen LogP contribution in [0.4, 0.5) is 4.79 Å². The lowest BCUT2D eigenvalue weighted by atomic mass is 10.2. The Morgan fingerprint density at radius 2 is 2.00 bits per heavy atom. The molecule has 8 nitrogen and oxygen atoms in total. The van der Waals surface area contributed by atoms with Crippen LogP contribution in [0, 0.1) is 0 Å². The molecule has 2 N–H and O–H groups in total. The monoisotopic (exact) mass is 301 g/mol. The molecule has 2 amide bonds. The zero-order chi connectivity index (χ0) is 16.0. The van der Waals surface area contributed by atoms with E-state index in [0.29, 0.717) is 26.2 Å². The smallest absolute Gasteiger partial charge is 0.407 e. The van der Waals surface area contributed by atoms with Crippen LogP contribution in [0.3, 0.4) is 0 Å². The van der Waals surface area contributed by atoms with Gasteiger partial charge in [-0.2, -0.15) is 0 Å². The molecule has 0 unspecified atom stereocenters. The number of carboxylic acid groups (broad SMARTS) is 1. The van der Waals surface area contributed by atoms with Crippen molar-refractivity contribution in [1.29, 1.82) is 0 Å². The van der Waals surface area contributed by atoms with E-state index in [1.807, 2.05) is 4.90 Å². The van der Waals surface area contributed by atoms with Crippen molar-refractivity contribution >= 4 is 18.0 Å². The Morgan fingerprint density at radius 3 is 2.52 bits per heavy atom. The number of rotatable bonds is 5. The summed E-state index contributed by atoms with van der Waals surface area (Å²) in [5.74, 6) is -1.22. The average molecular weight is 301 g/mol. The van der Waals surface area contributed by atoms with Crippen LogP contribution in [0.25, 0.3) is 0 Å². The van der Waals surface area contributed by atoms with Gasteiger partial charge in [0, 0.05) is 26.2 Å². The summed E-state index contributed by atoms with van der Waals surface area (Å²) in [6.45, 7) is 7.14. The number of amides is 2. The Morgan fingerprint density at radius 1 is 1.33 bits per heavy atom. The van der Waals surface area contributed by atoms with E-state index < -0.39 is 17.7 Å². The quantitative estimate of drug-likeness (QED) is 0.726. The molecule has 21 heavy (non-hydrogen) atoms. The normalized spacial score (nSPS) is 16.7. The zero-order valence-electron chi connectivity index (χ0n) is 12.7. The molecule has 1 heterocycles. The van der Waals surface area contributed by atoms with Crippen LogP contribution in [-0.4, -0.2) is 77.7 Å². The number of ether oxygens (including phenoxy) is 1. The molecule has 1 fully saturated rings. The van der Waals surface area contributed by atoms with E-state index in [1.165, 1.54) is 4.90 Å². The number of carbonyl (C=O) groups is 3. The van der Waals surface area contributed by atoms with E-state index >= 15 is 0 Å². The van der Waals surface area contributed by atoms with Crippen molar-refractivity contribution in [3.63, 3.8) is 0 Å². The molecule has 0 aromatic heterocycles. The third-order valence-electron chi connectivity index (χ3n) is 2.82. The van der Waals surface area contributed by atoms with Crippen molar-refractivity contribution in [3.05, 3.63) is 0 Å². The minimum atomic E-state index is -1.01. The third kappa shape index (κ3) is 6.94. The number of alkyl carbamates (subject to hydrolysis) is 1. The molecule has 0 aromatic rings. The standard InChI is InChI=1S/C13H23N3O5/c1-13(2,3)21-12(20)14-4-5-15-6-7-16(9-11(18)19)10(17)8-15/h4-9H2,1-3H3,(H,14,20)(H,18,19). The van der Waals surface area contributed by atoms with Crippen molar-refractivity contribution in [2.45, 2.75) is 26.4 Å². The molecule has 0 aromatic carbocycles. The van der Waals surface area contributed by atoms with Gasteiger partial charge in [0.25, 0.3) is 0 Å². The van der Waals surface area contributed by atoms with Crippen LogP contribution in [0.1, 0.15) is 20.8 Å². The van der Waals surface area contributed by atoms with Gasteiger partial charge >= 0.3 is 12.1 Å². The molecule has 0 saturated carbocycles. The second-order valence-corrected chi connectivity index (χ2v) is 5.91. The number of aliphatic carboxylic acids is 1. The summed E-state index contributed by atoms with van der Waals surface area (Å²) in [5.41, 5.74) is -0.539. The Kier molecular flexibility index (Phi) is 5.95. The maximum Gasteiger partial charge on any atom is 0.407 e. The lowest BCUT2D eigenvalue weighted by Crippen LogP contribution is -2.53. The number of nitrogens with one attached hydrogen (secondary N) is 1. The van der Waals surface area contributed by atoms with Gasteiger partial charge in [-0.25, -0.2) is 4.79 Å². The van der Waals surface area contributed by atoms with Crippen molar-refractivity contribution in [1.82, 2.24) is 15.1 Å². The summed E-state index contributed by atoms with van der Waals surface area (Å²) in [7, 11) is 0. The largest absolute Gasteiger partial charge is 0.480 e. The molecule has 1 aliphatic rings. The van der Waals surface area contributed by atoms with Crippen LogP contribution in [0.15, 0.2) is 0 Å². The zero-order valence-corrected chi connectivity index (χ0v) is 12.7. The predicted octanol–water partition coefficient (Wildman–Crippen LogP) is -0.260. The molecule has 1 rings (SSSR count). The molecule has 0 spiro atoms. The average Bonchev–Trinajstić information content (AvgIpc) is 2.29. The number of piperazine rings is 1. The van der Waals surface area contributed by atoms with E-state index in [9.17, 15) is 14.4 Å². The van der Waals surface area contributed by atoms with Gasteiger partial charge in [0.1, 0.15) is 12.1 Å². The fourth-order valence-corrected chi connectivity index (χ4v) is 1.91. The first-order valence-electron chi connectivity index (χ1n) is 6.86. The minimum Gasteiger partial charge on any atom is -0.480 e. The van der Waals surface area contributed by atoms with E-state index in [1.54, 1.807) is 20.8 Å². The van der Waals surface area contributed by atoms with Gasteiger partial charge < -0.3 is 20.1 Å². The summed E-state index contributed by atoms with van der Waals surface area (Å²) in [4.78, 5) is 37.0. The van der Waals surface area contributed by atoms with E-state index in [2.05, 4.69) is 5.32 Å². The van der Waals surface area contributed by atoms with Gasteiger partial charge in [-0.1, -0.05) is 0 Å². The van der Waals surface area contributed by atoms with Crippen LogP contribution in [0.5, 0.6) is 0 Å². The number of hydrogen-bond acceptors (Lipinski definition) is 5. The summed E-state index contributed by atoms with van der Waals surface area (Å²) >= 11 is 0. The summed E-state index contributed by atoms with van der Waals surface area (Å²) < 4.78 is 5.10. The topological polar surface area (TPSA) is 99.2 Å². The second-order valence-electron chi connectivity index (χ2n) is 5.91. The van der Waals surface area contributed by atoms with Gasteiger partial charge in [-0.3, -0.25) is 14.5 Å². The van der Waals surface area contributed by atoms with Crippen LogP contribution in [-0.2, 0) is 14.3 Å². The molecule has 8 heteroatoms. The molecular formula is C13H23N3O5. The Hall–Kier alpha value is -1.83. The van der Waals surface area contributed by atoms with Gasteiger partial charge in [0.2, 0.25) is 5.91 Å². The number of hydrogen-bond donors (Lipinski definition) is 2. The van der Waals surface area contributed by atoms with Crippen LogP contribution < -0.4 is 5.32 Å². The number of carboxylic acids is 1. The van der Waals surface area contributed by atoms with E-state index in [4.69, 9.17) is 9.84 Å². The van der Waals surface area contributed by atoms with Crippen LogP contribution in [0.2, 0.25) is 0 Å². The molecule has 0 bridgehead atoms. The predicted molar refractivity (Wildman–Crippen MR) is 74.9 cm³/mol. The first kappa shape index (κ1) is 17.2. The molecule has 0 aliphatic carbocycles. The highest BCUT2D eigenvalue weighted by molar-refractivity contribution is 5.83. The lowest BCUT2D eigenvalue weighted by molar-refractivity contribution is -0.147. The highest BCUT2D eigenvalue weighted by Crippen LogP contribution is 2.06. The molecular weight excluding hydrogens is 278 g/mol. The van der Waals surface area contributed by atoms with Crippen molar-refractivity contribution in [2.75, 3.05) is 39.3 Å². The first-order chi connectivity index (χ1) is 9.67. The fourth-order valence-electron chi connectivity index (χ4n) is 1.91. The van der Waals surface area contributed by atoms with Crippen molar-refractivity contribution in [2.24, 2.45) is 0 Å². The Labute approximate surface area is 124 Å². The molecule has 0 atom stereocenters. The van der Waals surface area contributed by atoms with Gasteiger partial charge in [-0.05, 0) is 20.8 Å². The van der Waals surface area contributed by atoms with Crippen molar-refractivity contribution < 1.29 is 24.2 Å². The summed E-state index contributed by atoms with van der Waals surface area (Å²) in [5, 5.41) is 11.3. The molecule has 1 aliphatic heterocycles.